The third-order valence-corrected chi connectivity index (χ3v) is 2.71. The minimum Gasteiger partial charge on any atom is -0.427 e. The van der Waals surface area contributed by atoms with Gasteiger partial charge in [-0.05, 0) is 30.5 Å². The Morgan fingerprint density at radius 3 is 2.48 bits per heavy atom. The standard InChI is InChI=1S/C15H20N2O4/c1-9(2)7-13(14(16)19)17-15(20)11-5-4-6-12(8-11)21-10(3)18/h4-6,8-9,13H,7H2,1-3H3,(H2,16,19)(H,17,20)/t13-/m0/s1. The summed E-state index contributed by atoms with van der Waals surface area (Å²) in [5.41, 5.74) is 5.58. The molecule has 0 unspecified atom stereocenters. The quantitative estimate of drug-likeness (QED) is 0.608. The van der Waals surface area contributed by atoms with E-state index in [4.69, 9.17) is 10.5 Å². The van der Waals surface area contributed by atoms with Crippen molar-refractivity contribution >= 4 is 17.8 Å². The van der Waals surface area contributed by atoms with Crippen molar-refractivity contribution in [1.82, 2.24) is 5.32 Å². The van der Waals surface area contributed by atoms with Crippen LogP contribution in [0.15, 0.2) is 24.3 Å². The molecule has 3 N–H and O–H groups in total. The largest absolute Gasteiger partial charge is 0.427 e. The number of primary amides is 1. The first-order chi connectivity index (χ1) is 9.79. The van der Waals surface area contributed by atoms with E-state index in [-0.39, 0.29) is 11.7 Å². The fraction of sp³-hybridized carbons (Fsp3) is 0.400. The van der Waals surface area contributed by atoms with E-state index in [1.165, 1.54) is 13.0 Å². The topological polar surface area (TPSA) is 98.5 Å². The molecule has 0 radical (unpaired) electrons. The van der Waals surface area contributed by atoms with Gasteiger partial charge in [0.1, 0.15) is 11.8 Å². The molecule has 6 heteroatoms. The first-order valence-corrected chi connectivity index (χ1v) is 6.68. The van der Waals surface area contributed by atoms with Crippen molar-refractivity contribution in [1.29, 1.82) is 0 Å². The highest BCUT2D eigenvalue weighted by Gasteiger charge is 2.20. The second-order valence-corrected chi connectivity index (χ2v) is 5.18. The molecule has 0 aliphatic rings. The minimum atomic E-state index is -0.727. The second kappa shape index (κ2) is 7.42. The van der Waals surface area contributed by atoms with E-state index in [2.05, 4.69) is 5.32 Å². The maximum absolute atomic E-state index is 12.1. The Kier molecular flexibility index (Phi) is 5.90. The van der Waals surface area contributed by atoms with E-state index in [9.17, 15) is 14.4 Å². The molecule has 0 aliphatic heterocycles. The van der Waals surface area contributed by atoms with E-state index >= 15 is 0 Å². The van der Waals surface area contributed by atoms with Crippen LogP contribution in [0.3, 0.4) is 0 Å². The van der Waals surface area contributed by atoms with Crippen LogP contribution in [-0.2, 0) is 9.59 Å². The number of amides is 2. The van der Waals surface area contributed by atoms with Gasteiger partial charge in [-0.3, -0.25) is 14.4 Å². The molecular weight excluding hydrogens is 272 g/mol. The lowest BCUT2D eigenvalue weighted by Crippen LogP contribution is -2.45. The number of hydrogen-bond donors (Lipinski definition) is 2. The van der Waals surface area contributed by atoms with Gasteiger partial charge in [0.15, 0.2) is 0 Å². The Balaban J connectivity index is 2.82. The molecule has 1 rings (SSSR count). The van der Waals surface area contributed by atoms with Crippen molar-refractivity contribution in [3.63, 3.8) is 0 Å². The smallest absolute Gasteiger partial charge is 0.308 e. The summed E-state index contributed by atoms with van der Waals surface area (Å²) >= 11 is 0. The average Bonchev–Trinajstić information content (AvgIpc) is 2.36. The number of carbonyl (C=O) groups excluding carboxylic acids is 3. The maximum atomic E-state index is 12.1. The zero-order valence-electron chi connectivity index (χ0n) is 12.4. The number of carbonyl (C=O) groups is 3. The highest BCUT2D eigenvalue weighted by atomic mass is 16.5. The zero-order valence-corrected chi connectivity index (χ0v) is 12.4. The molecule has 0 aliphatic carbocycles. The molecule has 114 valence electrons. The summed E-state index contributed by atoms with van der Waals surface area (Å²) in [6, 6.07) is 5.43. The van der Waals surface area contributed by atoms with E-state index < -0.39 is 23.8 Å². The molecule has 0 saturated heterocycles. The van der Waals surface area contributed by atoms with E-state index in [1.54, 1.807) is 18.2 Å². The van der Waals surface area contributed by atoms with Crippen LogP contribution in [0, 0.1) is 5.92 Å². The van der Waals surface area contributed by atoms with Crippen LogP contribution in [0.4, 0.5) is 0 Å². The molecule has 6 nitrogen and oxygen atoms in total. The molecule has 0 heterocycles. The molecule has 2 amide bonds. The van der Waals surface area contributed by atoms with Crippen LogP contribution in [0.25, 0.3) is 0 Å². The molecule has 0 aromatic heterocycles. The fourth-order valence-corrected chi connectivity index (χ4v) is 1.83. The normalized spacial score (nSPS) is 11.8. The summed E-state index contributed by atoms with van der Waals surface area (Å²) in [6.07, 6.45) is 0.463. The predicted molar refractivity (Wildman–Crippen MR) is 77.7 cm³/mol. The van der Waals surface area contributed by atoms with Crippen molar-refractivity contribution < 1.29 is 19.1 Å². The molecule has 0 spiro atoms. The molecular formula is C15H20N2O4. The second-order valence-electron chi connectivity index (χ2n) is 5.18. The average molecular weight is 292 g/mol. The van der Waals surface area contributed by atoms with Crippen LogP contribution < -0.4 is 15.8 Å². The van der Waals surface area contributed by atoms with Crippen molar-refractivity contribution in [3.05, 3.63) is 29.8 Å². The van der Waals surface area contributed by atoms with E-state index in [0.717, 1.165) is 0 Å². The summed E-state index contributed by atoms with van der Waals surface area (Å²) in [4.78, 5) is 34.4. The maximum Gasteiger partial charge on any atom is 0.308 e. The Hall–Kier alpha value is -2.37. The number of ether oxygens (including phenoxy) is 1. The third kappa shape index (κ3) is 5.64. The van der Waals surface area contributed by atoms with Gasteiger partial charge in [-0.15, -0.1) is 0 Å². The monoisotopic (exact) mass is 292 g/mol. The number of rotatable bonds is 6. The number of benzene rings is 1. The first-order valence-electron chi connectivity index (χ1n) is 6.68. The van der Waals surface area contributed by atoms with Gasteiger partial charge < -0.3 is 15.8 Å². The highest BCUT2D eigenvalue weighted by Crippen LogP contribution is 2.14. The van der Waals surface area contributed by atoms with Crippen LogP contribution in [-0.4, -0.2) is 23.8 Å². The van der Waals surface area contributed by atoms with Gasteiger partial charge in [0, 0.05) is 12.5 Å². The van der Waals surface area contributed by atoms with E-state index in [1.807, 2.05) is 13.8 Å². The van der Waals surface area contributed by atoms with Crippen LogP contribution >= 0.6 is 0 Å². The highest BCUT2D eigenvalue weighted by molar-refractivity contribution is 5.97. The molecule has 0 bridgehead atoms. The van der Waals surface area contributed by atoms with Crippen molar-refractivity contribution in [3.8, 4) is 5.75 Å². The van der Waals surface area contributed by atoms with Gasteiger partial charge in [-0.25, -0.2) is 0 Å². The van der Waals surface area contributed by atoms with E-state index in [0.29, 0.717) is 12.0 Å². The SMILES string of the molecule is CC(=O)Oc1cccc(C(=O)N[C@@H](CC(C)C)C(N)=O)c1. The number of esters is 1. The zero-order chi connectivity index (χ0) is 16.0. The van der Waals surface area contributed by atoms with Crippen molar-refractivity contribution in [2.75, 3.05) is 0 Å². The lowest BCUT2D eigenvalue weighted by Gasteiger charge is -2.17. The van der Waals surface area contributed by atoms with Gasteiger partial charge in [-0.2, -0.15) is 0 Å². The molecule has 0 saturated carbocycles. The van der Waals surface area contributed by atoms with Gasteiger partial charge in [-0.1, -0.05) is 19.9 Å². The lowest BCUT2D eigenvalue weighted by atomic mass is 10.0. The van der Waals surface area contributed by atoms with Crippen LogP contribution in [0.1, 0.15) is 37.6 Å². The van der Waals surface area contributed by atoms with Gasteiger partial charge in [0.05, 0.1) is 0 Å². The first kappa shape index (κ1) is 16.7. The van der Waals surface area contributed by atoms with Crippen molar-refractivity contribution in [2.45, 2.75) is 33.2 Å². The van der Waals surface area contributed by atoms with Crippen molar-refractivity contribution in [2.24, 2.45) is 11.7 Å². The van der Waals surface area contributed by atoms with Gasteiger partial charge >= 0.3 is 5.97 Å². The number of hydrogen-bond acceptors (Lipinski definition) is 4. The lowest BCUT2D eigenvalue weighted by molar-refractivity contribution is -0.131. The van der Waals surface area contributed by atoms with Crippen LogP contribution in [0.5, 0.6) is 5.75 Å². The predicted octanol–water partition coefficient (Wildman–Crippen LogP) is 1.24. The van der Waals surface area contributed by atoms with Crippen LogP contribution in [0.2, 0.25) is 0 Å². The van der Waals surface area contributed by atoms with Gasteiger partial charge in [0.2, 0.25) is 5.91 Å². The summed E-state index contributed by atoms with van der Waals surface area (Å²) < 4.78 is 4.91. The molecule has 1 atom stereocenters. The fourth-order valence-electron chi connectivity index (χ4n) is 1.83. The summed E-state index contributed by atoms with van der Waals surface area (Å²) in [6.45, 7) is 5.14. The Labute approximate surface area is 123 Å². The molecule has 1 aromatic carbocycles. The summed E-state index contributed by atoms with van der Waals surface area (Å²) in [5.74, 6) is -0.992. The summed E-state index contributed by atoms with van der Waals surface area (Å²) in [5, 5.41) is 2.59. The Bertz CT molecular complexity index is 540. The number of nitrogens with two attached hydrogens (primary N) is 1. The molecule has 0 fully saturated rings. The third-order valence-electron chi connectivity index (χ3n) is 2.71. The number of nitrogens with one attached hydrogen (secondary N) is 1. The minimum absolute atomic E-state index is 0.218. The summed E-state index contributed by atoms with van der Waals surface area (Å²) in [7, 11) is 0. The molecule has 1 aromatic rings. The Morgan fingerprint density at radius 1 is 1.29 bits per heavy atom. The molecule has 21 heavy (non-hydrogen) atoms. The Morgan fingerprint density at radius 2 is 1.95 bits per heavy atom. The van der Waals surface area contributed by atoms with Gasteiger partial charge in [0.25, 0.3) is 5.91 Å².